The molecule has 0 saturated heterocycles. The first kappa shape index (κ1) is 20.9. The fourth-order valence-electron chi connectivity index (χ4n) is 1.04. The lowest BCUT2D eigenvalue weighted by Gasteiger charge is -2.36. The van der Waals surface area contributed by atoms with E-state index in [1.165, 1.54) is 0 Å². The molecule has 0 unspecified atom stereocenters. The fraction of sp³-hybridized carbons (Fsp3) is 0.778. The third kappa shape index (κ3) is 2.99. The molecule has 132 valence electrons. The Morgan fingerprint density at radius 2 is 1.18 bits per heavy atom. The molecule has 1 nitrogen and oxygen atoms in total. The van der Waals surface area contributed by atoms with Gasteiger partial charge in [0.25, 0.3) is 0 Å². The quantitative estimate of drug-likeness (QED) is 0.704. The van der Waals surface area contributed by atoms with Gasteiger partial charge in [-0.2, -0.15) is 48.3 Å². The Bertz CT molecular complexity index is 421. The van der Waals surface area contributed by atoms with Gasteiger partial charge in [-0.15, -0.1) is 0 Å². The summed E-state index contributed by atoms with van der Waals surface area (Å²) < 4.78 is 150. The summed E-state index contributed by atoms with van der Waals surface area (Å²) in [5, 5.41) is 1.91. The predicted molar refractivity (Wildman–Crippen MR) is 49.0 cm³/mol. The van der Waals surface area contributed by atoms with Gasteiger partial charge < -0.3 is 5.32 Å². The summed E-state index contributed by atoms with van der Waals surface area (Å²) in [6, 6.07) is 0. The number of alkyl halides is 11. The minimum atomic E-state index is -7.60. The average molecular weight is 357 g/mol. The van der Waals surface area contributed by atoms with E-state index in [1.807, 2.05) is 5.32 Å². The van der Waals surface area contributed by atoms with Crippen LogP contribution in [-0.4, -0.2) is 43.5 Å². The highest BCUT2D eigenvalue weighted by atomic mass is 19.4. The Balaban J connectivity index is 6.00. The minimum Gasteiger partial charge on any atom is -0.316 e. The van der Waals surface area contributed by atoms with Gasteiger partial charge in [0, 0.05) is 6.54 Å². The zero-order valence-corrected chi connectivity index (χ0v) is 10.3. The summed E-state index contributed by atoms with van der Waals surface area (Å²) >= 11 is 0. The molecule has 0 atom stereocenters. The second-order valence-electron chi connectivity index (χ2n) is 3.91. The van der Waals surface area contributed by atoms with E-state index >= 15 is 0 Å². The van der Waals surface area contributed by atoms with Crippen LogP contribution < -0.4 is 5.32 Å². The fourth-order valence-corrected chi connectivity index (χ4v) is 1.04. The molecule has 0 aliphatic rings. The van der Waals surface area contributed by atoms with Crippen LogP contribution in [0.15, 0.2) is 11.9 Å². The Morgan fingerprint density at radius 1 is 0.773 bits per heavy atom. The predicted octanol–water partition coefficient (Wildman–Crippen LogP) is 4.16. The number of allylic oxidation sites excluding steroid dienone is 1. The van der Waals surface area contributed by atoms with Crippen molar-refractivity contribution in [2.45, 2.75) is 29.9 Å². The highest BCUT2D eigenvalue weighted by Crippen LogP contribution is 2.58. The maximum atomic E-state index is 12.9. The van der Waals surface area contributed by atoms with E-state index in [0.29, 0.717) is 0 Å². The van der Waals surface area contributed by atoms with Gasteiger partial charge in [0.1, 0.15) is 0 Å². The first-order valence-corrected chi connectivity index (χ1v) is 5.07. The number of rotatable bonds is 6. The summed E-state index contributed by atoms with van der Waals surface area (Å²) in [6.45, 7) is -0.904. The maximum absolute atomic E-state index is 12.9. The Morgan fingerprint density at radius 3 is 1.50 bits per heavy atom. The van der Waals surface area contributed by atoms with Gasteiger partial charge in [-0.1, -0.05) is 0 Å². The molecular formula is C9H7F12N. The van der Waals surface area contributed by atoms with E-state index in [0.717, 1.165) is 7.05 Å². The minimum absolute atomic E-state index is 0.407. The molecule has 0 saturated carbocycles. The number of hydrogen-bond acceptors (Lipinski definition) is 1. The van der Waals surface area contributed by atoms with Crippen LogP contribution in [0.1, 0.15) is 0 Å². The van der Waals surface area contributed by atoms with Crippen molar-refractivity contribution in [1.82, 2.24) is 5.32 Å². The van der Waals surface area contributed by atoms with Crippen LogP contribution in [0.2, 0.25) is 0 Å². The van der Waals surface area contributed by atoms with Gasteiger partial charge >= 0.3 is 29.9 Å². The smallest absolute Gasteiger partial charge is 0.316 e. The van der Waals surface area contributed by atoms with E-state index < -0.39 is 48.3 Å². The van der Waals surface area contributed by atoms with Crippen LogP contribution in [0.5, 0.6) is 0 Å². The molecule has 0 heterocycles. The van der Waals surface area contributed by atoms with E-state index in [9.17, 15) is 52.7 Å². The molecule has 0 aromatic rings. The molecule has 0 rings (SSSR count). The zero-order chi connectivity index (χ0) is 18.2. The largest absolute Gasteiger partial charge is 0.460 e. The normalized spacial score (nSPS) is 16.1. The van der Waals surface area contributed by atoms with Crippen LogP contribution in [0, 0.1) is 0 Å². The van der Waals surface area contributed by atoms with Crippen molar-refractivity contribution < 1.29 is 52.7 Å². The second-order valence-corrected chi connectivity index (χ2v) is 3.91. The van der Waals surface area contributed by atoms with Crippen molar-refractivity contribution in [3.8, 4) is 0 Å². The van der Waals surface area contributed by atoms with Gasteiger partial charge in [-0.3, -0.25) is 0 Å². The van der Waals surface area contributed by atoms with E-state index in [4.69, 9.17) is 0 Å². The summed E-state index contributed by atoms with van der Waals surface area (Å²) in [5.41, 5.74) is 0. The monoisotopic (exact) mass is 357 g/mol. The molecule has 0 aliphatic heterocycles. The van der Waals surface area contributed by atoms with Gasteiger partial charge in [0.05, 0.1) is 0 Å². The summed E-state index contributed by atoms with van der Waals surface area (Å²) in [4.78, 5) is 0. The standard InChI is InChI=1S/C9H7F12N/c1-22-3-2-4(10)5(11,12)6(13,14)7(15,16)8(17,18)9(19,20)21/h2,22H,3H2,1H3/b4-2-. The maximum Gasteiger partial charge on any atom is 0.460 e. The third-order valence-electron chi connectivity index (χ3n) is 2.32. The number of nitrogens with one attached hydrogen (secondary N) is 1. The molecule has 22 heavy (non-hydrogen) atoms. The highest BCUT2D eigenvalue weighted by Gasteiger charge is 2.87. The number of halogens is 12. The first-order chi connectivity index (χ1) is 9.48. The van der Waals surface area contributed by atoms with Gasteiger partial charge in [-0.05, 0) is 13.1 Å². The van der Waals surface area contributed by atoms with E-state index in [2.05, 4.69) is 0 Å². The molecule has 0 spiro atoms. The third-order valence-corrected chi connectivity index (χ3v) is 2.32. The SMILES string of the molecule is CNC/C=C(\F)C(F)(F)C(F)(F)C(F)(F)C(F)(F)C(F)(F)F. The average Bonchev–Trinajstić information content (AvgIpc) is 2.33. The highest BCUT2D eigenvalue weighted by molar-refractivity contribution is 5.17. The van der Waals surface area contributed by atoms with Crippen LogP contribution in [0.3, 0.4) is 0 Å². The zero-order valence-electron chi connectivity index (χ0n) is 10.3. The van der Waals surface area contributed by atoms with Crippen LogP contribution in [0.25, 0.3) is 0 Å². The Labute approximate surface area is 115 Å². The van der Waals surface area contributed by atoms with E-state index in [1.54, 1.807) is 0 Å². The second kappa shape index (κ2) is 5.81. The molecule has 0 aromatic heterocycles. The number of likely N-dealkylation sites (N-methyl/N-ethyl adjacent to an activating group) is 1. The van der Waals surface area contributed by atoms with Gasteiger partial charge in [0.15, 0.2) is 5.83 Å². The van der Waals surface area contributed by atoms with Crippen LogP contribution in [-0.2, 0) is 0 Å². The molecule has 0 fully saturated rings. The summed E-state index contributed by atoms with van der Waals surface area (Å²) in [6.07, 6.45) is -7.67. The Hall–Kier alpha value is -1.14. The molecule has 0 aliphatic carbocycles. The van der Waals surface area contributed by atoms with Crippen molar-refractivity contribution in [2.75, 3.05) is 13.6 Å². The molecule has 1 N–H and O–H groups in total. The van der Waals surface area contributed by atoms with Gasteiger partial charge in [0.2, 0.25) is 0 Å². The molecule has 0 amide bonds. The summed E-state index contributed by atoms with van der Waals surface area (Å²) in [7, 11) is 0.993. The molecular weight excluding hydrogens is 350 g/mol. The van der Waals surface area contributed by atoms with Crippen molar-refractivity contribution >= 4 is 0 Å². The van der Waals surface area contributed by atoms with Crippen molar-refractivity contribution in [3.05, 3.63) is 11.9 Å². The molecule has 0 aromatic carbocycles. The molecule has 0 bridgehead atoms. The van der Waals surface area contributed by atoms with Gasteiger partial charge in [-0.25, -0.2) is 4.39 Å². The lowest BCUT2D eigenvalue weighted by Crippen LogP contribution is -2.66. The lowest BCUT2D eigenvalue weighted by atomic mass is 9.97. The van der Waals surface area contributed by atoms with E-state index in [-0.39, 0.29) is 0 Å². The Kier molecular flexibility index (Phi) is 5.51. The number of hydrogen-bond donors (Lipinski definition) is 1. The van der Waals surface area contributed by atoms with Crippen molar-refractivity contribution in [1.29, 1.82) is 0 Å². The molecule has 13 heteroatoms. The molecule has 0 radical (unpaired) electrons. The topological polar surface area (TPSA) is 12.0 Å². The summed E-state index contributed by atoms with van der Waals surface area (Å²) in [5.74, 6) is -32.4. The first-order valence-electron chi connectivity index (χ1n) is 5.07. The van der Waals surface area contributed by atoms with Crippen molar-refractivity contribution in [2.24, 2.45) is 0 Å². The van der Waals surface area contributed by atoms with Crippen LogP contribution in [0.4, 0.5) is 52.7 Å². The van der Waals surface area contributed by atoms with Crippen LogP contribution >= 0.6 is 0 Å². The lowest BCUT2D eigenvalue weighted by molar-refractivity contribution is -0.419. The van der Waals surface area contributed by atoms with Crippen molar-refractivity contribution in [3.63, 3.8) is 0 Å².